The number of rotatable bonds is 3. The molecule has 1 aliphatic heterocycles. The summed E-state index contributed by atoms with van der Waals surface area (Å²) in [6.07, 6.45) is 4.33. The van der Waals surface area contributed by atoms with Crippen molar-refractivity contribution in [2.75, 3.05) is 20.2 Å². The van der Waals surface area contributed by atoms with Crippen LogP contribution in [-0.4, -0.2) is 46.9 Å². The highest BCUT2D eigenvalue weighted by atomic mass is 16.6. The van der Waals surface area contributed by atoms with E-state index in [1.54, 1.807) is 52.3 Å². The van der Waals surface area contributed by atoms with Crippen LogP contribution in [0.3, 0.4) is 0 Å². The molecule has 0 aliphatic carbocycles. The molecule has 1 aromatic heterocycles. The molecule has 172 valence electrons. The smallest absolute Gasteiger partial charge is 0.410 e. The number of amides is 1. The van der Waals surface area contributed by atoms with E-state index in [-0.39, 0.29) is 6.54 Å². The number of likely N-dealkylation sites (N-methyl/N-ethyl adjacent to an activating group) is 1. The van der Waals surface area contributed by atoms with Crippen LogP contribution in [-0.2, 0) is 11.2 Å². The van der Waals surface area contributed by atoms with Crippen molar-refractivity contribution >= 4 is 6.09 Å². The van der Waals surface area contributed by atoms with Crippen molar-refractivity contribution < 1.29 is 19.4 Å². The molecule has 6 nitrogen and oxygen atoms in total. The summed E-state index contributed by atoms with van der Waals surface area (Å²) in [5.74, 6) is 1.09. The summed E-state index contributed by atoms with van der Waals surface area (Å²) in [7, 11) is 1.59. The van der Waals surface area contributed by atoms with Crippen LogP contribution in [0.1, 0.15) is 63.8 Å². The van der Waals surface area contributed by atoms with Crippen molar-refractivity contribution in [2.45, 2.75) is 66.1 Å². The number of fused-ring (bicyclic) bond motifs is 1. The van der Waals surface area contributed by atoms with E-state index in [2.05, 4.69) is 30.1 Å². The van der Waals surface area contributed by atoms with Gasteiger partial charge in [0.2, 0.25) is 0 Å². The van der Waals surface area contributed by atoms with Crippen LogP contribution in [0.5, 0.6) is 5.75 Å². The van der Waals surface area contributed by atoms with Crippen molar-refractivity contribution in [2.24, 2.45) is 0 Å². The standard InChI is InChI=1S/C13H20N2O3.C10H12O.C2H6/c1-13(2,3)18-12(17)15(4)9-11(16)10-6-5-7-14-8-10;1-8-4-5-10-9(7-8)3-2-6-11-10;1-2/h5-8,11,16H,9H2,1-4H3;4-5,7H,2-3,6H2,1H3;1-2H3. The Hall–Kier alpha value is -2.60. The van der Waals surface area contributed by atoms with Crippen molar-refractivity contribution in [3.05, 3.63) is 59.4 Å². The van der Waals surface area contributed by atoms with E-state index >= 15 is 0 Å². The van der Waals surface area contributed by atoms with Gasteiger partial charge in [0.05, 0.1) is 19.3 Å². The van der Waals surface area contributed by atoms with Crippen LogP contribution in [0.4, 0.5) is 4.79 Å². The number of ether oxygens (including phenoxy) is 2. The van der Waals surface area contributed by atoms with Crippen molar-refractivity contribution in [1.29, 1.82) is 0 Å². The molecule has 1 atom stereocenters. The van der Waals surface area contributed by atoms with Crippen LogP contribution in [0.25, 0.3) is 0 Å². The minimum Gasteiger partial charge on any atom is -0.493 e. The monoisotopic (exact) mass is 430 g/mol. The summed E-state index contributed by atoms with van der Waals surface area (Å²) >= 11 is 0. The van der Waals surface area contributed by atoms with Gasteiger partial charge in [0.1, 0.15) is 11.4 Å². The minimum atomic E-state index is -0.767. The fraction of sp³-hybridized carbons (Fsp3) is 0.520. The highest BCUT2D eigenvalue weighted by Crippen LogP contribution is 2.24. The van der Waals surface area contributed by atoms with E-state index in [1.165, 1.54) is 22.4 Å². The number of aliphatic hydroxyl groups excluding tert-OH is 1. The molecule has 0 radical (unpaired) electrons. The largest absolute Gasteiger partial charge is 0.493 e. The predicted octanol–water partition coefficient (Wildman–Crippen LogP) is 5.33. The summed E-state index contributed by atoms with van der Waals surface area (Å²) in [5, 5.41) is 9.95. The van der Waals surface area contributed by atoms with Crippen molar-refractivity contribution in [1.82, 2.24) is 9.88 Å². The summed E-state index contributed by atoms with van der Waals surface area (Å²) < 4.78 is 10.7. The Morgan fingerprint density at radius 1 is 1.29 bits per heavy atom. The summed E-state index contributed by atoms with van der Waals surface area (Å²) in [6, 6.07) is 9.90. The Labute approximate surface area is 187 Å². The van der Waals surface area contributed by atoms with Crippen LogP contribution in [0, 0.1) is 6.92 Å². The zero-order valence-electron chi connectivity index (χ0n) is 20.0. The lowest BCUT2D eigenvalue weighted by Crippen LogP contribution is -2.36. The maximum Gasteiger partial charge on any atom is 0.410 e. The summed E-state index contributed by atoms with van der Waals surface area (Å²) in [6.45, 7) is 12.6. The Bertz CT molecular complexity index is 788. The van der Waals surface area contributed by atoms with Crippen LogP contribution in [0.2, 0.25) is 0 Å². The predicted molar refractivity (Wildman–Crippen MR) is 124 cm³/mol. The van der Waals surface area contributed by atoms with Gasteiger partial charge in [-0.05, 0) is 58.2 Å². The maximum absolute atomic E-state index is 11.7. The average molecular weight is 431 g/mol. The van der Waals surface area contributed by atoms with Crippen LogP contribution in [0.15, 0.2) is 42.7 Å². The fourth-order valence-corrected chi connectivity index (χ4v) is 2.84. The highest BCUT2D eigenvalue weighted by Gasteiger charge is 2.21. The van der Waals surface area contributed by atoms with Gasteiger partial charge in [0.25, 0.3) is 0 Å². The third kappa shape index (κ3) is 9.83. The van der Waals surface area contributed by atoms with Gasteiger partial charge in [-0.15, -0.1) is 0 Å². The normalized spacial score (nSPS) is 13.2. The van der Waals surface area contributed by atoms with E-state index in [0.717, 1.165) is 18.8 Å². The molecule has 3 rings (SSSR count). The SMILES string of the molecule is CC.CN(CC(O)c1cccnc1)C(=O)OC(C)(C)C.Cc1ccc2c(c1)CCCO2. The first kappa shape index (κ1) is 26.4. The average Bonchev–Trinajstić information content (AvgIpc) is 2.75. The fourth-order valence-electron chi connectivity index (χ4n) is 2.84. The zero-order valence-corrected chi connectivity index (χ0v) is 20.0. The number of pyridine rings is 1. The number of hydrogen-bond acceptors (Lipinski definition) is 5. The Morgan fingerprint density at radius 3 is 2.61 bits per heavy atom. The molecule has 0 saturated heterocycles. The molecule has 1 amide bonds. The number of aliphatic hydroxyl groups is 1. The van der Waals surface area contributed by atoms with Gasteiger partial charge in [-0.25, -0.2) is 4.79 Å². The van der Waals surface area contributed by atoms with Gasteiger partial charge in [0, 0.05) is 25.0 Å². The van der Waals surface area contributed by atoms with Gasteiger partial charge >= 0.3 is 6.09 Å². The van der Waals surface area contributed by atoms with Crippen molar-refractivity contribution in [3.8, 4) is 5.75 Å². The van der Waals surface area contributed by atoms with Gasteiger partial charge in [0.15, 0.2) is 0 Å². The lowest BCUT2D eigenvalue weighted by molar-refractivity contribution is 0.0205. The number of benzene rings is 1. The summed E-state index contributed by atoms with van der Waals surface area (Å²) in [5.41, 5.74) is 2.84. The molecule has 2 aromatic rings. The quantitative estimate of drug-likeness (QED) is 0.713. The molecule has 6 heteroatoms. The number of carbonyl (C=O) groups is 1. The highest BCUT2D eigenvalue weighted by molar-refractivity contribution is 5.67. The molecular weight excluding hydrogens is 392 g/mol. The zero-order chi connectivity index (χ0) is 23.4. The maximum atomic E-state index is 11.7. The number of hydrogen-bond donors (Lipinski definition) is 1. The Morgan fingerprint density at radius 2 is 2.00 bits per heavy atom. The van der Waals surface area contributed by atoms with Crippen LogP contribution >= 0.6 is 0 Å². The molecule has 0 saturated carbocycles. The van der Waals surface area contributed by atoms with Gasteiger partial charge in [-0.3, -0.25) is 4.98 Å². The third-order valence-corrected chi connectivity index (χ3v) is 4.29. The van der Waals surface area contributed by atoms with Crippen molar-refractivity contribution in [3.63, 3.8) is 0 Å². The van der Waals surface area contributed by atoms with Gasteiger partial charge < -0.3 is 19.5 Å². The van der Waals surface area contributed by atoms with E-state index in [1.807, 2.05) is 13.8 Å². The molecular formula is C25H38N2O4. The third-order valence-electron chi connectivity index (χ3n) is 4.29. The molecule has 1 aromatic carbocycles. The lowest BCUT2D eigenvalue weighted by Gasteiger charge is -2.26. The number of aryl methyl sites for hydroxylation is 2. The second kappa shape index (κ2) is 13.0. The molecule has 0 spiro atoms. The van der Waals surface area contributed by atoms with Gasteiger partial charge in [-0.2, -0.15) is 0 Å². The van der Waals surface area contributed by atoms with E-state index in [4.69, 9.17) is 9.47 Å². The molecule has 1 N–H and O–H groups in total. The van der Waals surface area contributed by atoms with E-state index in [9.17, 15) is 9.90 Å². The van der Waals surface area contributed by atoms with E-state index < -0.39 is 17.8 Å². The molecule has 1 aliphatic rings. The molecule has 1 unspecified atom stereocenters. The number of aromatic nitrogens is 1. The van der Waals surface area contributed by atoms with E-state index in [0.29, 0.717) is 5.56 Å². The first-order valence-electron chi connectivity index (χ1n) is 10.9. The minimum absolute atomic E-state index is 0.167. The lowest BCUT2D eigenvalue weighted by atomic mass is 10.0. The second-order valence-electron chi connectivity index (χ2n) is 8.23. The molecule has 0 bridgehead atoms. The Kier molecular flexibility index (Phi) is 11.0. The first-order chi connectivity index (χ1) is 14.7. The number of nitrogens with zero attached hydrogens (tertiary/aromatic N) is 2. The van der Waals surface area contributed by atoms with Gasteiger partial charge in [-0.1, -0.05) is 37.6 Å². The Balaban J connectivity index is 0.000000313. The number of carbonyl (C=O) groups excluding carboxylic acids is 1. The summed E-state index contributed by atoms with van der Waals surface area (Å²) in [4.78, 5) is 17.0. The molecule has 0 fully saturated rings. The topological polar surface area (TPSA) is 71.9 Å². The molecule has 31 heavy (non-hydrogen) atoms. The van der Waals surface area contributed by atoms with Crippen LogP contribution < -0.4 is 4.74 Å². The first-order valence-corrected chi connectivity index (χ1v) is 10.9. The second-order valence-corrected chi connectivity index (χ2v) is 8.23. The molecule has 2 heterocycles.